The van der Waals surface area contributed by atoms with E-state index in [1.54, 1.807) is 11.0 Å². The Morgan fingerprint density at radius 1 is 1.19 bits per heavy atom. The van der Waals surface area contributed by atoms with Crippen LogP contribution in [0.1, 0.15) is 31.3 Å². The van der Waals surface area contributed by atoms with Crippen LogP contribution in [0.2, 0.25) is 0 Å². The molecular weight excluding hydrogens is 392 g/mol. The van der Waals surface area contributed by atoms with Crippen molar-refractivity contribution in [2.45, 2.75) is 19.9 Å². The number of ether oxygens (including phenoxy) is 1. The third kappa shape index (κ3) is 4.07. The van der Waals surface area contributed by atoms with Gasteiger partial charge < -0.3 is 14.6 Å². The molecule has 3 aromatic rings. The van der Waals surface area contributed by atoms with Crippen LogP contribution in [0.25, 0.3) is 17.0 Å². The van der Waals surface area contributed by atoms with E-state index in [2.05, 4.69) is 22.0 Å². The molecule has 1 unspecified atom stereocenters. The van der Waals surface area contributed by atoms with Gasteiger partial charge in [0.25, 0.3) is 5.89 Å². The van der Waals surface area contributed by atoms with E-state index < -0.39 is 6.04 Å². The predicted molar refractivity (Wildman–Crippen MR) is 118 cm³/mol. The zero-order chi connectivity index (χ0) is 21.8. The summed E-state index contributed by atoms with van der Waals surface area (Å²) in [7, 11) is 0. The zero-order valence-electron chi connectivity index (χ0n) is 17.5. The molecule has 2 aromatic carbocycles. The van der Waals surface area contributed by atoms with Gasteiger partial charge >= 0.3 is 6.03 Å². The third-order valence-electron chi connectivity index (χ3n) is 5.12. The van der Waals surface area contributed by atoms with Crippen LogP contribution in [0, 0.1) is 0 Å². The van der Waals surface area contributed by atoms with Crippen molar-refractivity contribution in [3.05, 3.63) is 84.4 Å². The van der Waals surface area contributed by atoms with Crippen molar-refractivity contribution in [1.82, 2.24) is 20.4 Å². The van der Waals surface area contributed by atoms with Gasteiger partial charge in [0.2, 0.25) is 5.82 Å². The lowest BCUT2D eigenvalue weighted by Gasteiger charge is -2.34. The van der Waals surface area contributed by atoms with E-state index in [4.69, 9.17) is 9.26 Å². The highest BCUT2D eigenvalue weighted by molar-refractivity contribution is 5.87. The molecule has 0 fully saturated rings. The molecule has 1 N–H and O–H groups in total. The van der Waals surface area contributed by atoms with Crippen molar-refractivity contribution in [3.8, 4) is 17.1 Å². The highest BCUT2D eigenvalue weighted by Gasteiger charge is 2.35. The molecule has 0 spiro atoms. The molecule has 7 nitrogen and oxygen atoms in total. The van der Waals surface area contributed by atoms with Gasteiger partial charge in [-0.15, -0.1) is 6.58 Å². The first-order valence-electron chi connectivity index (χ1n) is 10.1. The van der Waals surface area contributed by atoms with Gasteiger partial charge in [-0.05, 0) is 43.7 Å². The summed E-state index contributed by atoms with van der Waals surface area (Å²) in [6.45, 7) is 8.56. The van der Waals surface area contributed by atoms with E-state index in [1.807, 2.05) is 68.4 Å². The molecule has 0 saturated heterocycles. The second-order valence-corrected chi connectivity index (χ2v) is 7.07. The van der Waals surface area contributed by atoms with Crippen LogP contribution in [0.3, 0.4) is 0 Å². The molecule has 4 rings (SSSR count). The van der Waals surface area contributed by atoms with Gasteiger partial charge in [-0.2, -0.15) is 4.98 Å². The number of carbonyl (C=O) groups excluding carboxylic acids is 1. The lowest BCUT2D eigenvalue weighted by molar-refractivity contribution is 0.209. The maximum absolute atomic E-state index is 12.7. The summed E-state index contributed by atoms with van der Waals surface area (Å²) in [6, 6.07) is 16.7. The molecule has 31 heavy (non-hydrogen) atoms. The molecule has 1 aliphatic heterocycles. The van der Waals surface area contributed by atoms with Crippen molar-refractivity contribution < 1.29 is 14.1 Å². The highest BCUT2D eigenvalue weighted by atomic mass is 16.5. The molecule has 1 aromatic heterocycles. The minimum absolute atomic E-state index is 0.193. The fraction of sp³-hybridized carbons (Fsp3) is 0.208. The summed E-state index contributed by atoms with van der Waals surface area (Å²) in [6.07, 6.45) is 1.68. The molecule has 0 saturated carbocycles. The summed E-state index contributed by atoms with van der Waals surface area (Å²) >= 11 is 0. The first kappa shape index (κ1) is 20.4. The maximum atomic E-state index is 12.7. The summed E-state index contributed by atoms with van der Waals surface area (Å²) in [4.78, 5) is 19.0. The van der Waals surface area contributed by atoms with Crippen LogP contribution < -0.4 is 10.1 Å². The number of hydrogen-bond donors (Lipinski definition) is 1. The molecule has 0 radical (unpaired) electrons. The number of nitrogens with zero attached hydrogens (tertiary/aromatic N) is 3. The highest BCUT2D eigenvalue weighted by Crippen LogP contribution is 2.37. The molecule has 158 valence electrons. The van der Waals surface area contributed by atoms with E-state index in [-0.39, 0.29) is 6.03 Å². The number of nitrogens with one attached hydrogen (secondary N) is 1. The molecule has 2 heterocycles. The lowest BCUT2D eigenvalue weighted by atomic mass is 9.95. The topological polar surface area (TPSA) is 80.5 Å². The largest absolute Gasteiger partial charge is 0.494 e. The first-order valence-corrected chi connectivity index (χ1v) is 10.1. The van der Waals surface area contributed by atoms with E-state index in [1.165, 1.54) is 0 Å². The van der Waals surface area contributed by atoms with Crippen molar-refractivity contribution in [1.29, 1.82) is 0 Å². The van der Waals surface area contributed by atoms with Crippen LogP contribution in [0.5, 0.6) is 5.75 Å². The Hall–Kier alpha value is -3.87. The number of rotatable bonds is 7. The van der Waals surface area contributed by atoms with Gasteiger partial charge in [0.1, 0.15) is 5.75 Å². The predicted octanol–water partition coefficient (Wildman–Crippen LogP) is 4.82. The van der Waals surface area contributed by atoms with E-state index in [0.29, 0.717) is 24.9 Å². The molecule has 0 aliphatic carbocycles. The maximum Gasteiger partial charge on any atom is 0.322 e. The summed E-state index contributed by atoms with van der Waals surface area (Å²) in [5, 5.41) is 7.23. The number of benzene rings is 2. The Morgan fingerprint density at radius 3 is 2.61 bits per heavy atom. The molecule has 1 atom stereocenters. The van der Waals surface area contributed by atoms with Gasteiger partial charge in [0, 0.05) is 17.8 Å². The fourth-order valence-corrected chi connectivity index (χ4v) is 3.62. The van der Waals surface area contributed by atoms with Crippen molar-refractivity contribution in [2.75, 3.05) is 13.2 Å². The molecule has 0 bridgehead atoms. The molecule has 2 amide bonds. The zero-order valence-corrected chi connectivity index (χ0v) is 17.5. The average molecular weight is 416 g/mol. The van der Waals surface area contributed by atoms with Gasteiger partial charge in [-0.1, -0.05) is 41.6 Å². The summed E-state index contributed by atoms with van der Waals surface area (Å²) in [5.74, 6) is 1.62. The average Bonchev–Trinajstić information content (AvgIpc) is 3.27. The lowest BCUT2D eigenvalue weighted by Crippen LogP contribution is -2.46. The SMILES string of the molecule is C=CCN1C(=O)NC(c2ccccc2)C(c2nc(-c3ccc(OCC)cc3)no2)=C1C. The number of amides is 2. The van der Waals surface area contributed by atoms with E-state index in [0.717, 1.165) is 28.1 Å². The monoisotopic (exact) mass is 416 g/mol. The number of allylic oxidation sites excluding steroid dienone is 1. The van der Waals surface area contributed by atoms with Crippen molar-refractivity contribution in [2.24, 2.45) is 0 Å². The van der Waals surface area contributed by atoms with Gasteiger partial charge in [-0.3, -0.25) is 4.90 Å². The Morgan fingerprint density at radius 2 is 1.94 bits per heavy atom. The third-order valence-corrected chi connectivity index (χ3v) is 5.12. The van der Waals surface area contributed by atoms with Gasteiger partial charge in [0.05, 0.1) is 18.2 Å². The van der Waals surface area contributed by atoms with Crippen LogP contribution in [0.4, 0.5) is 4.79 Å². The molecular formula is C24H24N4O3. The van der Waals surface area contributed by atoms with E-state index in [9.17, 15) is 4.79 Å². The normalized spacial score (nSPS) is 16.3. The Labute approximate surface area is 181 Å². The number of urea groups is 1. The van der Waals surface area contributed by atoms with Crippen molar-refractivity contribution in [3.63, 3.8) is 0 Å². The second kappa shape index (κ2) is 8.87. The quantitative estimate of drug-likeness (QED) is 0.559. The number of hydrogen-bond acceptors (Lipinski definition) is 5. The summed E-state index contributed by atoms with van der Waals surface area (Å²) in [5.41, 5.74) is 3.26. The molecule has 1 aliphatic rings. The van der Waals surface area contributed by atoms with E-state index >= 15 is 0 Å². The van der Waals surface area contributed by atoms with Crippen LogP contribution in [-0.2, 0) is 0 Å². The Balaban J connectivity index is 1.75. The Kier molecular flexibility index (Phi) is 5.84. The molecule has 7 heteroatoms. The minimum Gasteiger partial charge on any atom is -0.494 e. The second-order valence-electron chi connectivity index (χ2n) is 7.07. The first-order chi connectivity index (χ1) is 15.1. The van der Waals surface area contributed by atoms with Crippen LogP contribution >= 0.6 is 0 Å². The standard InChI is InChI=1S/C24H24N4O3/c1-4-15-28-16(3)20(21(25-24(28)29)17-9-7-6-8-10-17)23-26-22(27-31-23)18-11-13-19(14-12-18)30-5-2/h4,6-14,21H,1,5,15H2,2-3H3,(H,25,29). The Bertz CT molecular complexity index is 1100. The van der Waals surface area contributed by atoms with Crippen LogP contribution in [0.15, 0.2) is 77.5 Å². The number of carbonyl (C=O) groups is 1. The van der Waals surface area contributed by atoms with Gasteiger partial charge in [0.15, 0.2) is 0 Å². The summed E-state index contributed by atoms with van der Waals surface area (Å²) < 4.78 is 11.2. The number of aromatic nitrogens is 2. The van der Waals surface area contributed by atoms with Crippen LogP contribution in [-0.4, -0.2) is 34.2 Å². The fourth-order valence-electron chi connectivity index (χ4n) is 3.62. The van der Waals surface area contributed by atoms with Gasteiger partial charge in [-0.25, -0.2) is 4.79 Å². The van der Waals surface area contributed by atoms with Crippen molar-refractivity contribution >= 4 is 11.6 Å². The minimum atomic E-state index is -0.400. The smallest absolute Gasteiger partial charge is 0.322 e.